The lowest BCUT2D eigenvalue weighted by Crippen LogP contribution is -2.64. The van der Waals surface area contributed by atoms with Gasteiger partial charge in [-0.2, -0.15) is 0 Å². The van der Waals surface area contributed by atoms with E-state index in [1.165, 1.54) is 128 Å². The first kappa shape index (κ1) is 55.8. The Labute approximate surface area is 358 Å². The Bertz CT molecular complexity index is 1070. The Morgan fingerprint density at radius 1 is 0.542 bits per heavy atom. The molecule has 0 aromatic heterocycles. The average Bonchev–Trinajstić information content (AvgIpc) is 3.22. The second kappa shape index (κ2) is 37.4. The van der Waals surface area contributed by atoms with Gasteiger partial charge in [0.15, 0.2) is 0 Å². The van der Waals surface area contributed by atoms with Crippen LogP contribution >= 0.6 is 7.82 Å². The molecule has 0 heterocycles. The maximum absolute atomic E-state index is 12.8. The van der Waals surface area contributed by atoms with Crippen LogP contribution < -0.4 is 0 Å². The van der Waals surface area contributed by atoms with Crippen LogP contribution in [0.5, 0.6) is 0 Å². The van der Waals surface area contributed by atoms with Crippen molar-refractivity contribution in [1.82, 2.24) is 0 Å². The normalized spacial score (nSPS) is 22.6. The summed E-state index contributed by atoms with van der Waals surface area (Å²) < 4.78 is 34.1. The van der Waals surface area contributed by atoms with Crippen LogP contribution in [0.3, 0.4) is 0 Å². The topological polar surface area (TPSA) is 192 Å². The van der Waals surface area contributed by atoms with Crippen LogP contribution in [-0.2, 0) is 27.9 Å². The molecule has 1 aliphatic carbocycles. The van der Waals surface area contributed by atoms with Crippen molar-refractivity contribution < 1.29 is 58.3 Å². The van der Waals surface area contributed by atoms with E-state index in [0.29, 0.717) is 13.0 Å². The second-order valence-corrected chi connectivity index (χ2v) is 18.0. The summed E-state index contributed by atoms with van der Waals surface area (Å²) >= 11 is 0. The standard InChI is InChI=1S/C46H87O12P/c1-3-5-7-9-11-13-14-15-16-17-18-19-20-21-22-23-24-25-26-27-29-31-33-35-40(47)57-39(37-55-36-34-32-30-28-12-10-8-6-4-2)38-56-59(53,54)58-46-44(51)42(49)41(48)43(50)45(46)52/h14-15,17-18,39,41-46,48-52H,3-13,16,19-38H2,1-2H3,(H,53,54)/b15-14-,18-17-. The molecule has 6 unspecified atom stereocenters. The van der Waals surface area contributed by atoms with E-state index in [2.05, 4.69) is 38.2 Å². The molecule has 1 saturated carbocycles. The predicted octanol–water partition coefficient (Wildman–Crippen LogP) is 9.70. The van der Waals surface area contributed by atoms with Gasteiger partial charge in [0.2, 0.25) is 0 Å². The van der Waals surface area contributed by atoms with Crippen LogP contribution in [-0.4, -0.2) is 98.9 Å². The summed E-state index contributed by atoms with van der Waals surface area (Å²) in [5.74, 6) is -0.479. The highest BCUT2D eigenvalue weighted by Crippen LogP contribution is 2.47. The van der Waals surface area contributed by atoms with Gasteiger partial charge >= 0.3 is 13.8 Å². The van der Waals surface area contributed by atoms with Crippen LogP contribution in [0.1, 0.15) is 200 Å². The molecule has 0 aliphatic heterocycles. The number of carbonyl (C=O) groups is 1. The van der Waals surface area contributed by atoms with E-state index >= 15 is 0 Å². The number of hydrogen-bond acceptors (Lipinski definition) is 11. The molecule has 0 spiro atoms. The molecule has 1 aliphatic rings. The SMILES string of the molecule is CCCCCCC/C=C\C/C=C\CCCCCCCCCCCCCC(=O)OC(COCCCCCCCCCCC)COP(=O)(O)OC1C(O)C(O)C(O)C(O)C1O. The summed E-state index contributed by atoms with van der Waals surface area (Å²) in [6, 6.07) is 0. The van der Waals surface area contributed by atoms with Crippen molar-refractivity contribution in [2.45, 2.75) is 243 Å². The molecule has 59 heavy (non-hydrogen) atoms. The molecule has 13 heteroatoms. The molecular weight excluding hydrogens is 775 g/mol. The summed E-state index contributed by atoms with van der Waals surface area (Å²) in [7, 11) is -5.01. The summed E-state index contributed by atoms with van der Waals surface area (Å²) in [6.07, 6.45) is 29.8. The molecule has 6 atom stereocenters. The number of phosphoric acid groups is 1. The van der Waals surface area contributed by atoms with E-state index in [9.17, 15) is 39.8 Å². The van der Waals surface area contributed by atoms with Crippen molar-refractivity contribution >= 4 is 13.8 Å². The number of hydrogen-bond donors (Lipinski definition) is 6. The summed E-state index contributed by atoms with van der Waals surface area (Å²) in [6.45, 7) is 4.23. The molecule has 0 aromatic rings. The van der Waals surface area contributed by atoms with Gasteiger partial charge in [-0.25, -0.2) is 4.57 Å². The van der Waals surface area contributed by atoms with Gasteiger partial charge in [-0.1, -0.05) is 173 Å². The van der Waals surface area contributed by atoms with E-state index in [-0.39, 0.29) is 13.0 Å². The van der Waals surface area contributed by atoms with Gasteiger partial charge in [0.05, 0.1) is 13.2 Å². The van der Waals surface area contributed by atoms with Crippen LogP contribution in [0.4, 0.5) is 0 Å². The number of phosphoric ester groups is 1. The van der Waals surface area contributed by atoms with Gasteiger partial charge in [0, 0.05) is 13.0 Å². The maximum Gasteiger partial charge on any atom is 0.472 e. The maximum atomic E-state index is 12.8. The third-order valence-electron chi connectivity index (χ3n) is 11.1. The largest absolute Gasteiger partial charge is 0.472 e. The summed E-state index contributed by atoms with van der Waals surface area (Å²) in [5.41, 5.74) is 0. The highest BCUT2D eigenvalue weighted by atomic mass is 31.2. The third-order valence-corrected chi connectivity index (χ3v) is 12.1. The van der Waals surface area contributed by atoms with Crippen molar-refractivity contribution in [3.05, 3.63) is 24.3 Å². The van der Waals surface area contributed by atoms with Crippen molar-refractivity contribution in [3.8, 4) is 0 Å². The number of esters is 1. The van der Waals surface area contributed by atoms with Crippen LogP contribution in [0.2, 0.25) is 0 Å². The Morgan fingerprint density at radius 3 is 1.42 bits per heavy atom. The lowest BCUT2D eigenvalue weighted by molar-refractivity contribution is -0.220. The molecule has 0 aromatic carbocycles. The first-order valence-corrected chi connectivity index (χ1v) is 25.2. The van der Waals surface area contributed by atoms with Crippen molar-refractivity contribution in [2.75, 3.05) is 19.8 Å². The van der Waals surface area contributed by atoms with Crippen LogP contribution in [0.25, 0.3) is 0 Å². The number of rotatable bonds is 40. The molecule has 6 N–H and O–H groups in total. The van der Waals surface area contributed by atoms with Crippen LogP contribution in [0, 0.1) is 0 Å². The van der Waals surface area contributed by atoms with Gasteiger partial charge in [0.1, 0.15) is 42.7 Å². The Kier molecular flexibility index (Phi) is 35.4. The lowest BCUT2D eigenvalue weighted by Gasteiger charge is -2.41. The highest BCUT2D eigenvalue weighted by Gasteiger charge is 2.51. The molecular formula is C46H87O12P. The Balaban J connectivity index is 2.29. The van der Waals surface area contributed by atoms with Crippen LogP contribution in [0.15, 0.2) is 24.3 Å². The number of aliphatic hydroxyl groups excluding tert-OH is 5. The van der Waals surface area contributed by atoms with E-state index in [4.69, 9.17) is 18.5 Å². The first-order chi connectivity index (χ1) is 28.5. The molecule has 0 radical (unpaired) electrons. The number of carbonyl (C=O) groups excluding carboxylic acids is 1. The zero-order valence-electron chi connectivity index (χ0n) is 37.1. The van der Waals surface area contributed by atoms with Gasteiger partial charge < -0.3 is 39.9 Å². The average molecular weight is 863 g/mol. The van der Waals surface area contributed by atoms with E-state index in [0.717, 1.165) is 44.9 Å². The molecule has 0 amide bonds. The van der Waals surface area contributed by atoms with Crippen molar-refractivity contribution in [3.63, 3.8) is 0 Å². The zero-order valence-corrected chi connectivity index (χ0v) is 38.0. The van der Waals surface area contributed by atoms with Gasteiger partial charge in [-0.15, -0.1) is 0 Å². The minimum Gasteiger partial charge on any atom is -0.457 e. The number of aliphatic hydroxyl groups is 5. The summed E-state index contributed by atoms with van der Waals surface area (Å²) in [5, 5.41) is 50.1. The molecule has 1 fully saturated rings. The van der Waals surface area contributed by atoms with Gasteiger partial charge in [-0.3, -0.25) is 13.8 Å². The smallest absolute Gasteiger partial charge is 0.457 e. The first-order valence-electron chi connectivity index (χ1n) is 23.7. The fourth-order valence-corrected chi connectivity index (χ4v) is 8.24. The summed E-state index contributed by atoms with van der Waals surface area (Å²) in [4.78, 5) is 23.1. The minimum atomic E-state index is -5.01. The quantitative estimate of drug-likeness (QED) is 0.0148. The third kappa shape index (κ3) is 29.7. The number of ether oxygens (including phenoxy) is 2. The Hall–Kier alpha value is -1.18. The van der Waals surface area contributed by atoms with Gasteiger partial charge in [-0.05, 0) is 44.9 Å². The van der Waals surface area contributed by atoms with E-state index in [1.807, 2.05) is 0 Å². The fourth-order valence-electron chi connectivity index (χ4n) is 7.27. The molecule has 1 rings (SSSR count). The zero-order chi connectivity index (χ0) is 43.4. The molecule has 348 valence electrons. The minimum absolute atomic E-state index is 0.0741. The van der Waals surface area contributed by atoms with E-state index < -0.39 is 63.1 Å². The second-order valence-electron chi connectivity index (χ2n) is 16.6. The highest BCUT2D eigenvalue weighted by molar-refractivity contribution is 7.47. The number of unbranched alkanes of at least 4 members (excludes halogenated alkanes) is 24. The van der Waals surface area contributed by atoms with Crippen molar-refractivity contribution in [1.29, 1.82) is 0 Å². The van der Waals surface area contributed by atoms with Gasteiger partial charge in [0.25, 0.3) is 0 Å². The monoisotopic (exact) mass is 863 g/mol. The Morgan fingerprint density at radius 2 is 0.949 bits per heavy atom. The molecule has 0 saturated heterocycles. The lowest BCUT2D eigenvalue weighted by atomic mass is 9.85. The fraction of sp³-hybridized carbons (Fsp3) is 0.891. The molecule has 0 bridgehead atoms. The predicted molar refractivity (Wildman–Crippen MR) is 235 cm³/mol. The molecule has 12 nitrogen and oxygen atoms in total. The number of allylic oxidation sites excluding steroid dienone is 4. The van der Waals surface area contributed by atoms with Crippen molar-refractivity contribution in [2.24, 2.45) is 0 Å². The van der Waals surface area contributed by atoms with E-state index in [1.54, 1.807) is 0 Å².